The first-order valence-electron chi connectivity index (χ1n) is 11.4. The Balaban J connectivity index is 1.35. The van der Waals surface area contributed by atoms with Crippen molar-refractivity contribution in [3.63, 3.8) is 0 Å². The van der Waals surface area contributed by atoms with Crippen LogP contribution in [0.1, 0.15) is 56.2 Å². The number of hydrogen-bond donors (Lipinski definition) is 1. The van der Waals surface area contributed by atoms with E-state index in [1.54, 1.807) is 9.58 Å². The highest BCUT2D eigenvalue weighted by Crippen LogP contribution is 2.27. The molecular formula is C23H33N5O3. The summed E-state index contributed by atoms with van der Waals surface area (Å²) in [5, 5.41) is 8.46. The average Bonchev–Trinajstić information content (AvgIpc) is 3.08. The molecule has 2 aromatic heterocycles. The van der Waals surface area contributed by atoms with E-state index in [-0.39, 0.29) is 24.3 Å². The van der Waals surface area contributed by atoms with E-state index in [1.165, 1.54) is 19.3 Å². The van der Waals surface area contributed by atoms with Crippen LogP contribution in [-0.4, -0.2) is 57.2 Å². The van der Waals surface area contributed by atoms with Crippen molar-refractivity contribution in [2.24, 2.45) is 13.0 Å². The lowest BCUT2D eigenvalue weighted by atomic mass is 9.93. The number of nitrogens with zero attached hydrogens (tertiary/aromatic N) is 4. The highest BCUT2D eigenvalue weighted by molar-refractivity contribution is 5.86. The first-order chi connectivity index (χ1) is 14.9. The van der Waals surface area contributed by atoms with Gasteiger partial charge in [0, 0.05) is 31.9 Å². The van der Waals surface area contributed by atoms with E-state index in [0.29, 0.717) is 25.0 Å². The summed E-state index contributed by atoms with van der Waals surface area (Å²) >= 11 is 0. The van der Waals surface area contributed by atoms with Gasteiger partial charge in [-0.05, 0) is 51.2 Å². The number of nitrogens with one attached hydrogen (secondary N) is 1. The van der Waals surface area contributed by atoms with Crippen molar-refractivity contribution in [2.45, 2.75) is 64.8 Å². The van der Waals surface area contributed by atoms with E-state index in [0.717, 1.165) is 48.0 Å². The highest BCUT2D eigenvalue weighted by atomic mass is 16.5. The Morgan fingerprint density at radius 2 is 1.94 bits per heavy atom. The van der Waals surface area contributed by atoms with Gasteiger partial charge in [0.15, 0.2) is 12.3 Å². The third-order valence-electron chi connectivity index (χ3n) is 6.52. The molecule has 1 unspecified atom stereocenters. The van der Waals surface area contributed by atoms with E-state index in [1.807, 2.05) is 27.0 Å². The molecule has 4 rings (SSSR count). The number of fused-ring (bicyclic) bond motifs is 1. The largest absolute Gasteiger partial charge is 0.466 e. The second-order valence-electron chi connectivity index (χ2n) is 9.02. The summed E-state index contributed by atoms with van der Waals surface area (Å²) in [4.78, 5) is 31.8. The van der Waals surface area contributed by atoms with Crippen molar-refractivity contribution in [3.8, 4) is 5.88 Å². The Morgan fingerprint density at radius 1 is 1.16 bits per heavy atom. The lowest BCUT2D eigenvalue weighted by Gasteiger charge is -2.33. The topological polar surface area (TPSA) is 89.4 Å². The number of aromatic nitrogens is 3. The number of carbonyl (C=O) groups excluding carboxylic acids is 2. The van der Waals surface area contributed by atoms with Crippen LogP contribution in [-0.2, 0) is 16.6 Å². The lowest BCUT2D eigenvalue weighted by Crippen LogP contribution is -2.48. The molecule has 1 N–H and O–H groups in total. The van der Waals surface area contributed by atoms with Crippen LogP contribution in [0.3, 0.4) is 0 Å². The molecule has 8 heteroatoms. The molecule has 2 aromatic rings. The Bertz CT molecular complexity index is 964. The number of amides is 2. The van der Waals surface area contributed by atoms with E-state index in [2.05, 4.69) is 15.4 Å². The molecule has 31 heavy (non-hydrogen) atoms. The highest BCUT2D eigenvalue weighted by Gasteiger charge is 2.30. The summed E-state index contributed by atoms with van der Waals surface area (Å²) in [6.45, 7) is 4.98. The van der Waals surface area contributed by atoms with Crippen molar-refractivity contribution in [1.82, 2.24) is 25.0 Å². The number of rotatable bonds is 5. The molecule has 1 saturated carbocycles. The van der Waals surface area contributed by atoms with Crippen molar-refractivity contribution >= 4 is 22.8 Å². The molecule has 1 aliphatic carbocycles. The van der Waals surface area contributed by atoms with Crippen LogP contribution in [0.2, 0.25) is 0 Å². The average molecular weight is 428 g/mol. The summed E-state index contributed by atoms with van der Waals surface area (Å²) in [5.74, 6) is 0.286. The molecule has 2 aliphatic rings. The fourth-order valence-electron chi connectivity index (χ4n) is 4.86. The third kappa shape index (κ3) is 4.83. The number of likely N-dealkylation sites (tertiary alicyclic amines) is 1. The van der Waals surface area contributed by atoms with E-state index in [4.69, 9.17) is 4.74 Å². The number of hydrogen-bond acceptors (Lipinski definition) is 5. The second-order valence-corrected chi connectivity index (χ2v) is 9.02. The molecule has 8 nitrogen and oxygen atoms in total. The maximum Gasteiger partial charge on any atom is 0.260 e. The van der Waals surface area contributed by atoms with Gasteiger partial charge in [-0.3, -0.25) is 9.59 Å². The summed E-state index contributed by atoms with van der Waals surface area (Å²) in [6, 6.07) is 2.28. The van der Waals surface area contributed by atoms with Crippen LogP contribution < -0.4 is 10.1 Å². The van der Waals surface area contributed by atoms with Gasteiger partial charge in [-0.1, -0.05) is 19.3 Å². The predicted octanol–water partition coefficient (Wildman–Crippen LogP) is 2.65. The van der Waals surface area contributed by atoms with E-state index >= 15 is 0 Å². The van der Waals surface area contributed by atoms with Crippen LogP contribution in [0, 0.1) is 19.8 Å². The Hall–Kier alpha value is -2.64. The molecule has 1 atom stereocenters. The second kappa shape index (κ2) is 9.24. The monoisotopic (exact) mass is 427 g/mol. The van der Waals surface area contributed by atoms with Gasteiger partial charge in [-0.15, -0.1) is 5.10 Å². The summed E-state index contributed by atoms with van der Waals surface area (Å²) in [6.07, 6.45) is 7.45. The Morgan fingerprint density at radius 3 is 2.71 bits per heavy atom. The SMILES string of the molecule is Cc1cc(C)c2c(OCC(=O)N3CCCC(C(=O)NC4CCCCC4)C3)nn(C)c2n1. The summed E-state index contributed by atoms with van der Waals surface area (Å²) in [7, 11) is 1.82. The van der Waals surface area contributed by atoms with Crippen LogP contribution in [0.15, 0.2) is 6.07 Å². The molecule has 0 spiro atoms. The number of carbonyl (C=O) groups is 2. The predicted molar refractivity (Wildman–Crippen MR) is 118 cm³/mol. The quantitative estimate of drug-likeness (QED) is 0.792. The normalized spacial score (nSPS) is 20.1. The minimum absolute atomic E-state index is 0.0869. The smallest absolute Gasteiger partial charge is 0.260 e. The fourth-order valence-corrected chi connectivity index (χ4v) is 4.86. The molecule has 1 saturated heterocycles. The number of piperidine rings is 1. The minimum atomic E-state index is -0.135. The zero-order chi connectivity index (χ0) is 22.0. The van der Waals surface area contributed by atoms with Gasteiger partial charge in [0.1, 0.15) is 0 Å². The molecule has 0 radical (unpaired) electrons. The van der Waals surface area contributed by atoms with E-state index in [9.17, 15) is 9.59 Å². The molecule has 168 valence electrons. The Kier molecular flexibility index (Phi) is 6.43. The molecule has 2 amide bonds. The van der Waals surface area contributed by atoms with Crippen LogP contribution in [0.4, 0.5) is 0 Å². The lowest BCUT2D eigenvalue weighted by molar-refractivity contribution is -0.137. The van der Waals surface area contributed by atoms with Crippen LogP contribution in [0.25, 0.3) is 11.0 Å². The third-order valence-corrected chi connectivity index (χ3v) is 6.52. The number of pyridine rings is 1. The van der Waals surface area contributed by atoms with Gasteiger partial charge in [-0.2, -0.15) is 0 Å². The molecule has 1 aliphatic heterocycles. The summed E-state index contributed by atoms with van der Waals surface area (Å²) in [5.41, 5.74) is 2.69. The van der Waals surface area contributed by atoms with Gasteiger partial charge < -0.3 is 15.0 Å². The van der Waals surface area contributed by atoms with Gasteiger partial charge in [-0.25, -0.2) is 9.67 Å². The van der Waals surface area contributed by atoms with E-state index < -0.39 is 0 Å². The molecule has 3 heterocycles. The Labute approximate surface area is 183 Å². The number of ether oxygens (including phenoxy) is 1. The van der Waals surface area contributed by atoms with Crippen LogP contribution in [0.5, 0.6) is 5.88 Å². The van der Waals surface area contributed by atoms with Gasteiger partial charge in [0.2, 0.25) is 11.8 Å². The van der Waals surface area contributed by atoms with Crippen molar-refractivity contribution in [1.29, 1.82) is 0 Å². The van der Waals surface area contributed by atoms with Gasteiger partial charge >= 0.3 is 0 Å². The maximum absolute atomic E-state index is 12.8. The molecule has 2 fully saturated rings. The van der Waals surface area contributed by atoms with Gasteiger partial charge in [0.05, 0.1) is 11.3 Å². The zero-order valence-electron chi connectivity index (χ0n) is 18.8. The number of aryl methyl sites for hydroxylation is 3. The van der Waals surface area contributed by atoms with Gasteiger partial charge in [0.25, 0.3) is 5.91 Å². The zero-order valence-corrected chi connectivity index (χ0v) is 18.8. The fraction of sp³-hybridized carbons (Fsp3) is 0.652. The minimum Gasteiger partial charge on any atom is -0.466 e. The van der Waals surface area contributed by atoms with Crippen molar-refractivity contribution in [3.05, 3.63) is 17.3 Å². The first kappa shape index (κ1) is 21.6. The molecule has 0 bridgehead atoms. The summed E-state index contributed by atoms with van der Waals surface area (Å²) < 4.78 is 7.51. The van der Waals surface area contributed by atoms with Crippen molar-refractivity contribution < 1.29 is 14.3 Å². The first-order valence-corrected chi connectivity index (χ1v) is 11.4. The molecule has 0 aromatic carbocycles. The van der Waals surface area contributed by atoms with Crippen LogP contribution >= 0.6 is 0 Å². The standard InChI is InChI=1S/C23H33N5O3/c1-15-12-16(2)24-21-20(15)23(26-27(21)3)31-14-19(29)28-11-7-8-17(13-28)22(30)25-18-9-5-4-6-10-18/h12,17-18H,4-11,13-14H2,1-3H3,(H,25,30). The molecular weight excluding hydrogens is 394 g/mol. The maximum atomic E-state index is 12.8. The van der Waals surface area contributed by atoms with Crippen molar-refractivity contribution in [2.75, 3.05) is 19.7 Å².